The van der Waals surface area contributed by atoms with E-state index in [-0.39, 0.29) is 35.4 Å². The van der Waals surface area contributed by atoms with Crippen molar-refractivity contribution >= 4 is 11.6 Å². The van der Waals surface area contributed by atoms with E-state index in [2.05, 4.69) is 58.1 Å². The monoisotopic (exact) mass is 645 g/mol. The summed E-state index contributed by atoms with van der Waals surface area (Å²) in [5, 5.41) is 28.7. The minimum absolute atomic E-state index is 0.0404. The number of nitrogens with one attached hydrogen (secondary N) is 2. The van der Waals surface area contributed by atoms with Crippen LogP contribution in [0, 0.1) is 23.2 Å². The number of piperazine rings is 1. The summed E-state index contributed by atoms with van der Waals surface area (Å²) >= 11 is 0. The third kappa shape index (κ3) is 5.86. The molecular weight excluding hydrogens is 590 g/mol. The second-order valence-corrected chi connectivity index (χ2v) is 15.5. The van der Waals surface area contributed by atoms with Crippen LogP contribution in [0.4, 0.5) is 5.69 Å². The van der Waals surface area contributed by atoms with Crippen LogP contribution in [0.2, 0.25) is 0 Å². The second-order valence-electron chi connectivity index (χ2n) is 15.5. The molecule has 10 nitrogen and oxygen atoms in total. The highest BCUT2D eigenvalue weighted by molar-refractivity contribution is 5.87. The Balaban J connectivity index is 1.26. The Hall–Kier alpha value is -2.68. The number of benzene rings is 1. The first kappa shape index (κ1) is 32.8. The Morgan fingerprint density at radius 2 is 1.96 bits per heavy atom. The Bertz CT molecular complexity index is 1360. The standard InChI is InChI=1S/C37H55N7O3/c1-4-34(46)44-20-19-43(23-27(44)15-17-38)37(26-9-6-5-7-10-26)30-14-16-36(25-42(3)33-13-12-29(45)21-31(33)36)22-32(30)39-35(40-37)47-24-28-11-8-18-41(28)2/h4,12-13,21,26-28,30,32,35,39-40,45H,1,5-11,14-16,18-20,22-25H2,2-3H3/t27-,28-,30?,32?,35?,36+,37?/m0/s1. The number of nitriles is 1. The number of hydrogen-bond acceptors (Lipinski definition) is 9. The summed E-state index contributed by atoms with van der Waals surface area (Å²) in [5.74, 6) is 1.04. The summed E-state index contributed by atoms with van der Waals surface area (Å²) in [6, 6.07) is 8.76. The molecule has 1 aromatic carbocycles. The number of phenolic OH excluding ortho intramolecular Hbond substituents is 1. The quantitative estimate of drug-likeness (QED) is 0.383. The van der Waals surface area contributed by atoms with Crippen molar-refractivity contribution in [1.82, 2.24) is 25.3 Å². The maximum Gasteiger partial charge on any atom is 0.246 e. The van der Waals surface area contributed by atoms with Crippen LogP contribution in [0.25, 0.3) is 0 Å². The highest BCUT2D eigenvalue weighted by Gasteiger charge is 2.61. The average molecular weight is 646 g/mol. The number of nitrogens with zero attached hydrogens (tertiary/aromatic N) is 5. The van der Waals surface area contributed by atoms with Crippen molar-refractivity contribution in [2.45, 2.75) is 106 Å². The van der Waals surface area contributed by atoms with Crippen molar-refractivity contribution in [3.05, 3.63) is 36.4 Å². The number of aromatic hydroxyl groups is 1. The molecule has 1 amide bonds. The molecule has 5 fully saturated rings. The zero-order valence-corrected chi connectivity index (χ0v) is 28.5. The van der Waals surface area contributed by atoms with Gasteiger partial charge in [0.2, 0.25) is 5.91 Å². The van der Waals surface area contributed by atoms with Gasteiger partial charge in [-0.3, -0.25) is 20.3 Å². The van der Waals surface area contributed by atoms with Gasteiger partial charge < -0.3 is 24.5 Å². The molecule has 1 aromatic rings. The topological polar surface area (TPSA) is 107 Å². The van der Waals surface area contributed by atoms with Crippen LogP contribution in [0.5, 0.6) is 5.75 Å². The van der Waals surface area contributed by atoms with E-state index in [0.717, 1.165) is 45.3 Å². The van der Waals surface area contributed by atoms with E-state index in [4.69, 9.17) is 4.74 Å². The maximum atomic E-state index is 12.9. The summed E-state index contributed by atoms with van der Waals surface area (Å²) in [4.78, 5) is 22.3. The van der Waals surface area contributed by atoms with Crippen LogP contribution in [-0.2, 0) is 14.9 Å². The first-order valence-corrected chi connectivity index (χ1v) is 18.2. The highest BCUT2D eigenvalue weighted by atomic mass is 16.5. The second kappa shape index (κ2) is 13.3. The third-order valence-electron chi connectivity index (χ3n) is 13.0. The number of rotatable bonds is 7. The van der Waals surface area contributed by atoms with Crippen LogP contribution in [0.3, 0.4) is 0 Å². The number of anilines is 1. The number of likely N-dealkylation sites (N-methyl/N-ethyl adjacent to an activating group) is 2. The van der Waals surface area contributed by atoms with E-state index in [1.54, 1.807) is 0 Å². The fraction of sp³-hybridized carbons (Fsp3) is 0.730. The molecule has 256 valence electrons. The number of ether oxygens (including phenoxy) is 1. The summed E-state index contributed by atoms with van der Waals surface area (Å²) in [5.41, 5.74) is 2.15. The first-order valence-electron chi connectivity index (χ1n) is 18.2. The Morgan fingerprint density at radius 3 is 2.70 bits per heavy atom. The number of amides is 1. The summed E-state index contributed by atoms with van der Waals surface area (Å²) in [6.07, 6.45) is 13.0. The number of phenols is 1. The highest BCUT2D eigenvalue weighted by Crippen LogP contribution is 2.55. The fourth-order valence-corrected chi connectivity index (χ4v) is 10.8. The van der Waals surface area contributed by atoms with Gasteiger partial charge in [0.05, 0.1) is 30.8 Å². The van der Waals surface area contributed by atoms with E-state index in [1.165, 1.54) is 55.9 Å². The molecular formula is C37H55N7O3. The number of carbonyl (C=O) groups is 1. The van der Waals surface area contributed by atoms with Crippen LogP contribution < -0.4 is 15.5 Å². The van der Waals surface area contributed by atoms with E-state index in [0.29, 0.717) is 49.7 Å². The number of fused-ring (bicyclic) bond motifs is 3. The maximum absolute atomic E-state index is 12.9. The van der Waals surface area contributed by atoms with Crippen molar-refractivity contribution in [3.63, 3.8) is 0 Å². The fourth-order valence-electron chi connectivity index (χ4n) is 10.8. The predicted octanol–water partition coefficient (Wildman–Crippen LogP) is 3.72. The van der Waals surface area contributed by atoms with E-state index in [9.17, 15) is 15.2 Å². The Kier molecular flexibility index (Phi) is 9.31. The molecule has 4 heterocycles. The lowest BCUT2D eigenvalue weighted by molar-refractivity contribution is -0.184. The zero-order chi connectivity index (χ0) is 32.8. The van der Waals surface area contributed by atoms with Crippen molar-refractivity contribution in [2.24, 2.45) is 11.8 Å². The van der Waals surface area contributed by atoms with Crippen molar-refractivity contribution in [1.29, 1.82) is 5.26 Å². The minimum Gasteiger partial charge on any atom is -0.508 e. The predicted molar refractivity (Wildman–Crippen MR) is 183 cm³/mol. The molecule has 3 saturated heterocycles. The van der Waals surface area contributed by atoms with Gasteiger partial charge in [-0.1, -0.05) is 25.8 Å². The van der Waals surface area contributed by atoms with Crippen LogP contribution >= 0.6 is 0 Å². The molecule has 10 heteroatoms. The van der Waals surface area contributed by atoms with Gasteiger partial charge in [-0.25, -0.2) is 0 Å². The Morgan fingerprint density at radius 1 is 1.13 bits per heavy atom. The molecule has 3 N–H and O–H groups in total. The summed E-state index contributed by atoms with van der Waals surface area (Å²) in [6.45, 7) is 8.54. The van der Waals surface area contributed by atoms with Gasteiger partial charge in [-0.05, 0) is 94.3 Å². The van der Waals surface area contributed by atoms with E-state index < -0.39 is 0 Å². The summed E-state index contributed by atoms with van der Waals surface area (Å²) < 4.78 is 6.86. The molecule has 7 atom stereocenters. The van der Waals surface area contributed by atoms with Crippen molar-refractivity contribution in [3.8, 4) is 11.8 Å². The zero-order valence-electron chi connectivity index (χ0n) is 28.5. The van der Waals surface area contributed by atoms with E-state index >= 15 is 0 Å². The normalized spacial score (nSPS) is 36.7. The van der Waals surface area contributed by atoms with E-state index in [1.807, 2.05) is 17.0 Å². The number of carbonyl (C=O) groups excluding carboxylic acids is 1. The molecule has 0 aromatic heterocycles. The van der Waals surface area contributed by atoms with Gasteiger partial charge in [0.1, 0.15) is 5.75 Å². The summed E-state index contributed by atoms with van der Waals surface area (Å²) in [7, 11) is 4.39. The van der Waals surface area contributed by atoms with Crippen LogP contribution in [-0.4, -0.2) is 109 Å². The smallest absolute Gasteiger partial charge is 0.246 e. The lowest BCUT2D eigenvalue weighted by Crippen LogP contribution is -2.81. The van der Waals surface area contributed by atoms with Gasteiger partial charge in [0.15, 0.2) is 6.35 Å². The van der Waals surface area contributed by atoms with Gasteiger partial charge in [-0.2, -0.15) is 5.26 Å². The first-order chi connectivity index (χ1) is 22.8. The number of likely N-dealkylation sites (tertiary alicyclic amines) is 1. The molecule has 0 bridgehead atoms. The van der Waals surface area contributed by atoms with Crippen molar-refractivity contribution < 1.29 is 14.6 Å². The van der Waals surface area contributed by atoms with Gasteiger partial charge in [0.25, 0.3) is 0 Å². The lowest BCUT2D eigenvalue weighted by atomic mass is 9.58. The molecule has 7 rings (SSSR count). The molecule has 0 radical (unpaired) electrons. The SMILES string of the molecule is C=CC(=O)N1CCN(C2(C3CCCCC3)NC(OC[C@@H]3CCCN3C)NC3C[C@]4(CCC32)CN(C)c2ccc(O)cc24)C[C@@H]1CC#N. The molecule has 2 aliphatic carbocycles. The van der Waals surface area contributed by atoms with Gasteiger partial charge >= 0.3 is 0 Å². The molecule has 47 heavy (non-hydrogen) atoms. The molecule has 6 aliphatic rings. The average Bonchev–Trinajstić information content (AvgIpc) is 3.61. The lowest BCUT2D eigenvalue weighted by Gasteiger charge is -2.64. The molecule has 2 saturated carbocycles. The van der Waals surface area contributed by atoms with Crippen LogP contribution in [0.15, 0.2) is 30.9 Å². The largest absolute Gasteiger partial charge is 0.508 e. The van der Waals surface area contributed by atoms with Crippen molar-refractivity contribution in [2.75, 3.05) is 58.3 Å². The molecule has 4 unspecified atom stereocenters. The van der Waals surface area contributed by atoms with Gasteiger partial charge in [-0.15, -0.1) is 0 Å². The van der Waals surface area contributed by atoms with Gasteiger partial charge in [0, 0.05) is 62.3 Å². The van der Waals surface area contributed by atoms with Crippen LogP contribution in [0.1, 0.15) is 76.2 Å². The molecule has 4 aliphatic heterocycles. The molecule has 1 spiro atoms. The minimum atomic E-state index is -0.312. The number of hydrogen-bond donors (Lipinski definition) is 3. The Labute approximate surface area is 281 Å². The third-order valence-corrected chi connectivity index (χ3v) is 13.0.